The highest BCUT2D eigenvalue weighted by atomic mass is 32.2. The van der Waals surface area contributed by atoms with Gasteiger partial charge in [0.05, 0.1) is 0 Å². The van der Waals surface area contributed by atoms with Gasteiger partial charge in [0.15, 0.2) is 5.82 Å². The molecule has 0 saturated heterocycles. The predicted molar refractivity (Wildman–Crippen MR) is 89.8 cm³/mol. The summed E-state index contributed by atoms with van der Waals surface area (Å²) in [5.41, 5.74) is -0.154. The topological polar surface area (TPSA) is 82.5 Å². The molecule has 0 saturated carbocycles. The second kappa shape index (κ2) is 5.51. The van der Waals surface area contributed by atoms with Crippen LogP contribution in [0.4, 0.5) is 0 Å². The highest BCUT2D eigenvalue weighted by Crippen LogP contribution is 2.33. The zero-order valence-corrected chi connectivity index (χ0v) is 14.6. The van der Waals surface area contributed by atoms with Crippen molar-refractivity contribution in [3.8, 4) is 0 Å². The molecule has 116 valence electrons. The Morgan fingerprint density at radius 2 is 2.05 bits per heavy atom. The molecule has 2 N–H and O–H groups in total. The molecule has 0 atom stereocenters. The fourth-order valence-corrected chi connectivity index (χ4v) is 3.76. The molecule has 0 aromatic carbocycles. The van der Waals surface area contributed by atoms with Crippen LogP contribution >= 0.6 is 23.1 Å². The van der Waals surface area contributed by atoms with E-state index in [1.54, 1.807) is 16.0 Å². The lowest BCUT2D eigenvalue weighted by molar-refractivity contribution is 0.523. The third-order valence-electron chi connectivity index (χ3n) is 3.18. The van der Waals surface area contributed by atoms with Crippen LogP contribution in [0.3, 0.4) is 0 Å². The molecule has 3 rings (SSSR count). The molecule has 3 aromatic heterocycles. The summed E-state index contributed by atoms with van der Waals surface area (Å²) in [7, 11) is 0. The maximum absolute atomic E-state index is 6.16. The van der Waals surface area contributed by atoms with Gasteiger partial charge in [0.2, 0.25) is 5.16 Å². The van der Waals surface area contributed by atoms with Crippen LogP contribution in [0.25, 0.3) is 10.2 Å². The van der Waals surface area contributed by atoms with Crippen LogP contribution in [0.1, 0.15) is 39.3 Å². The first-order chi connectivity index (χ1) is 10.4. The van der Waals surface area contributed by atoms with Gasteiger partial charge in [-0.3, -0.25) is 0 Å². The van der Waals surface area contributed by atoms with Gasteiger partial charge in [-0.15, -0.1) is 21.5 Å². The minimum absolute atomic E-state index is 0.154. The number of hydrogen-bond acceptors (Lipinski definition) is 7. The molecule has 0 aliphatic rings. The van der Waals surface area contributed by atoms with Crippen molar-refractivity contribution in [1.82, 2.24) is 24.8 Å². The maximum Gasteiger partial charge on any atom is 0.216 e. The lowest BCUT2D eigenvalue weighted by Gasteiger charge is -2.16. The molecule has 22 heavy (non-hydrogen) atoms. The number of thiophene rings is 1. The van der Waals surface area contributed by atoms with E-state index in [9.17, 15) is 0 Å². The Morgan fingerprint density at radius 3 is 2.68 bits per heavy atom. The standard InChI is InChI=1S/C14H18N6S2/c1-5-9-16-10-8(6-7-21-10)11(17-9)22-13-19-18-12(20(13)15)14(2,3)4/h6-7H,5,15H2,1-4H3. The van der Waals surface area contributed by atoms with E-state index >= 15 is 0 Å². The summed E-state index contributed by atoms with van der Waals surface area (Å²) in [5, 5.41) is 13.0. The number of hydrogen-bond donors (Lipinski definition) is 1. The van der Waals surface area contributed by atoms with Gasteiger partial charge in [-0.25, -0.2) is 14.6 Å². The fourth-order valence-electron chi connectivity index (χ4n) is 2.05. The first kappa shape index (κ1) is 15.2. The fraction of sp³-hybridized carbons (Fsp3) is 0.429. The molecule has 0 aliphatic carbocycles. The van der Waals surface area contributed by atoms with Gasteiger partial charge in [-0.1, -0.05) is 27.7 Å². The maximum atomic E-state index is 6.16. The van der Waals surface area contributed by atoms with Crippen LogP contribution in [-0.4, -0.2) is 24.8 Å². The molecule has 6 nitrogen and oxygen atoms in total. The molecule has 0 bridgehead atoms. The minimum atomic E-state index is -0.154. The Balaban J connectivity index is 2.03. The van der Waals surface area contributed by atoms with E-state index in [4.69, 9.17) is 5.84 Å². The summed E-state index contributed by atoms with van der Waals surface area (Å²) in [4.78, 5) is 10.2. The Bertz CT molecular complexity index is 814. The molecule has 3 heterocycles. The normalized spacial score (nSPS) is 12.2. The van der Waals surface area contributed by atoms with Gasteiger partial charge in [0.1, 0.15) is 15.7 Å². The molecule has 3 aromatic rings. The molecule has 0 unspecified atom stereocenters. The van der Waals surface area contributed by atoms with Crippen molar-refractivity contribution >= 4 is 33.3 Å². The third-order valence-corrected chi connectivity index (χ3v) is 4.95. The van der Waals surface area contributed by atoms with Crippen molar-refractivity contribution in [2.75, 3.05) is 5.84 Å². The van der Waals surface area contributed by atoms with Gasteiger partial charge in [0, 0.05) is 17.2 Å². The largest absolute Gasteiger partial charge is 0.336 e. The zero-order valence-electron chi connectivity index (χ0n) is 13.0. The van der Waals surface area contributed by atoms with Crippen LogP contribution in [-0.2, 0) is 11.8 Å². The summed E-state index contributed by atoms with van der Waals surface area (Å²) < 4.78 is 1.55. The first-order valence-corrected chi connectivity index (χ1v) is 8.72. The van der Waals surface area contributed by atoms with Crippen molar-refractivity contribution < 1.29 is 0 Å². The summed E-state index contributed by atoms with van der Waals surface area (Å²) in [6.45, 7) is 8.23. The number of nitrogen functional groups attached to an aromatic ring is 1. The molecule has 0 aliphatic heterocycles. The van der Waals surface area contributed by atoms with E-state index in [1.165, 1.54) is 11.8 Å². The summed E-state index contributed by atoms with van der Waals surface area (Å²) in [6.07, 6.45) is 0.796. The van der Waals surface area contributed by atoms with Crippen molar-refractivity contribution in [1.29, 1.82) is 0 Å². The Labute approximate surface area is 137 Å². The van der Waals surface area contributed by atoms with Crippen LogP contribution in [0, 0.1) is 0 Å². The lowest BCUT2D eigenvalue weighted by atomic mass is 9.96. The van der Waals surface area contributed by atoms with Crippen molar-refractivity contribution in [2.24, 2.45) is 0 Å². The van der Waals surface area contributed by atoms with E-state index in [0.717, 1.165) is 33.3 Å². The second-order valence-electron chi connectivity index (χ2n) is 5.97. The number of aryl methyl sites for hydroxylation is 1. The van der Waals surface area contributed by atoms with E-state index in [1.807, 2.05) is 18.4 Å². The van der Waals surface area contributed by atoms with Gasteiger partial charge in [-0.05, 0) is 23.2 Å². The molecule has 0 spiro atoms. The van der Waals surface area contributed by atoms with Crippen LogP contribution < -0.4 is 5.84 Å². The van der Waals surface area contributed by atoms with E-state index in [0.29, 0.717) is 5.16 Å². The van der Waals surface area contributed by atoms with Crippen molar-refractivity contribution in [3.05, 3.63) is 23.1 Å². The van der Waals surface area contributed by atoms with Gasteiger partial charge < -0.3 is 5.84 Å². The average Bonchev–Trinajstić information content (AvgIpc) is 3.05. The SMILES string of the molecule is CCc1nc(Sc2nnc(C(C)(C)C)n2N)c2ccsc2n1. The van der Waals surface area contributed by atoms with Crippen molar-refractivity contribution in [3.63, 3.8) is 0 Å². The predicted octanol–water partition coefficient (Wildman–Crippen LogP) is 3.01. The monoisotopic (exact) mass is 334 g/mol. The van der Waals surface area contributed by atoms with E-state index in [-0.39, 0.29) is 5.41 Å². The van der Waals surface area contributed by atoms with Gasteiger partial charge in [-0.2, -0.15) is 0 Å². The van der Waals surface area contributed by atoms with E-state index < -0.39 is 0 Å². The minimum Gasteiger partial charge on any atom is -0.336 e. The highest BCUT2D eigenvalue weighted by molar-refractivity contribution is 7.99. The second-order valence-corrected chi connectivity index (χ2v) is 7.82. The number of nitrogens with two attached hydrogens (primary N) is 1. The number of aromatic nitrogens is 5. The summed E-state index contributed by atoms with van der Waals surface area (Å²) >= 11 is 3.05. The molecule has 8 heteroatoms. The van der Waals surface area contributed by atoms with Gasteiger partial charge in [0.25, 0.3) is 0 Å². The lowest BCUT2D eigenvalue weighted by Crippen LogP contribution is -2.24. The Morgan fingerprint density at radius 1 is 1.27 bits per heavy atom. The third kappa shape index (κ3) is 2.68. The highest BCUT2D eigenvalue weighted by Gasteiger charge is 2.24. The molecular formula is C14H18N6S2. The molecular weight excluding hydrogens is 316 g/mol. The molecule has 0 radical (unpaired) electrons. The summed E-state index contributed by atoms with van der Waals surface area (Å²) in [5.74, 6) is 7.74. The average molecular weight is 334 g/mol. The number of fused-ring (bicyclic) bond motifs is 1. The Hall–Kier alpha value is -1.67. The van der Waals surface area contributed by atoms with Crippen LogP contribution in [0.2, 0.25) is 0 Å². The number of nitrogens with zero attached hydrogens (tertiary/aromatic N) is 5. The Kier molecular flexibility index (Phi) is 3.82. The quantitative estimate of drug-likeness (QED) is 0.585. The number of rotatable bonds is 3. The first-order valence-electron chi connectivity index (χ1n) is 7.03. The molecule has 0 fully saturated rings. The van der Waals surface area contributed by atoms with Gasteiger partial charge >= 0.3 is 0 Å². The summed E-state index contributed by atoms with van der Waals surface area (Å²) in [6, 6.07) is 2.03. The van der Waals surface area contributed by atoms with Crippen LogP contribution in [0.5, 0.6) is 0 Å². The molecule has 0 amide bonds. The van der Waals surface area contributed by atoms with Crippen molar-refractivity contribution in [2.45, 2.75) is 49.7 Å². The van der Waals surface area contributed by atoms with E-state index in [2.05, 4.69) is 40.9 Å². The zero-order chi connectivity index (χ0) is 15.9. The smallest absolute Gasteiger partial charge is 0.216 e. The van der Waals surface area contributed by atoms with Crippen LogP contribution in [0.15, 0.2) is 21.6 Å².